The van der Waals surface area contributed by atoms with E-state index in [0.717, 1.165) is 44.1 Å². The van der Waals surface area contributed by atoms with Crippen molar-refractivity contribution in [3.63, 3.8) is 0 Å². The van der Waals surface area contributed by atoms with Gasteiger partial charge in [0.05, 0.1) is 24.4 Å². The van der Waals surface area contributed by atoms with Crippen LogP contribution in [0.5, 0.6) is 5.75 Å². The first-order chi connectivity index (χ1) is 14.8. The van der Waals surface area contributed by atoms with Crippen LogP contribution in [0.25, 0.3) is 0 Å². The molecule has 1 fully saturated rings. The zero-order valence-electron chi connectivity index (χ0n) is 16.8. The molecule has 0 spiro atoms. The third-order valence-corrected chi connectivity index (χ3v) is 5.66. The number of thiazole rings is 1. The van der Waals surface area contributed by atoms with E-state index in [2.05, 4.69) is 27.3 Å². The lowest BCUT2D eigenvalue weighted by molar-refractivity contribution is 0.0340. The van der Waals surface area contributed by atoms with Crippen molar-refractivity contribution < 1.29 is 14.3 Å². The minimum Gasteiger partial charge on any atom is -0.487 e. The fraction of sp³-hybridized carbons (Fsp3) is 0.304. The molecule has 0 bridgehead atoms. The Morgan fingerprint density at radius 3 is 2.77 bits per heavy atom. The van der Waals surface area contributed by atoms with Gasteiger partial charge in [0.1, 0.15) is 12.4 Å². The average molecular weight is 424 g/mol. The number of nitrogens with zero attached hydrogens (tertiary/aromatic N) is 2. The first kappa shape index (κ1) is 20.5. The van der Waals surface area contributed by atoms with Crippen LogP contribution in [0.3, 0.4) is 0 Å². The number of rotatable bonds is 8. The second kappa shape index (κ2) is 10.3. The van der Waals surface area contributed by atoms with Crippen LogP contribution in [0.1, 0.15) is 27.2 Å². The SMILES string of the molecule is O=C(NCc1ccccc1CN1CCOCC1)c1cccc(OCc2cscn2)c1. The molecular weight excluding hydrogens is 398 g/mol. The summed E-state index contributed by atoms with van der Waals surface area (Å²) in [5, 5.41) is 4.99. The van der Waals surface area contributed by atoms with E-state index >= 15 is 0 Å². The summed E-state index contributed by atoms with van der Waals surface area (Å²) in [6, 6.07) is 15.5. The molecule has 1 aliphatic heterocycles. The predicted molar refractivity (Wildman–Crippen MR) is 117 cm³/mol. The van der Waals surface area contributed by atoms with Crippen LogP contribution < -0.4 is 10.1 Å². The summed E-state index contributed by atoms with van der Waals surface area (Å²) in [5.41, 5.74) is 5.61. The lowest BCUT2D eigenvalue weighted by Gasteiger charge is -2.27. The van der Waals surface area contributed by atoms with E-state index in [9.17, 15) is 4.79 Å². The molecule has 1 saturated heterocycles. The van der Waals surface area contributed by atoms with Crippen molar-refractivity contribution in [1.82, 2.24) is 15.2 Å². The number of hydrogen-bond donors (Lipinski definition) is 1. The van der Waals surface area contributed by atoms with Crippen molar-refractivity contribution >= 4 is 17.2 Å². The number of hydrogen-bond acceptors (Lipinski definition) is 6. The molecule has 1 amide bonds. The number of carbonyl (C=O) groups excluding carboxylic acids is 1. The highest BCUT2D eigenvalue weighted by Gasteiger charge is 2.13. The van der Waals surface area contributed by atoms with Gasteiger partial charge in [0.25, 0.3) is 5.91 Å². The molecule has 1 aromatic heterocycles. The summed E-state index contributed by atoms with van der Waals surface area (Å²) >= 11 is 1.53. The molecule has 0 radical (unpaired) electrons. The molecular formula is C23H25N3O3S. The van der Waals surface area contributed by atoms with Gasteiger partial charge in [0, 0.05) is 37.1 Å². The molecule has 30 heavy (non-hydrogen) atoms. The van der Waals surface area contributed by atoms with E-state index in [1.54, 1.807) is 17.6 Å². The van der Waals surface area contributed by atoms with Gasteiger partial charge in [-0.25, -0.2) is 4.98 Å². The number of amides is 1. The molecule has 6 nitrogen and oxygen atoms in total. The smallest absolute Gasteiger partial charge is 0.251 e. The number of nitrogens with one attached hydrogen (secondary N) is 1. The first-order valence-electron chi connectivity index (χ1n) is 10.0. The van der Waals surface area contributed by atoms with E-state index < -0.39 is 0 Å². The Balaban J connectivity index is 1.35. The van der Waals surface area contributed by atoms with Crippen LogP contribution in [0, 0.1) is 0 Å². The Morgan fingerprint density at radius 2 is 1.97 bits per heavy atom. The lowest BCUT2D eigenvalue weighted by Crippen LogP contribution is -2.36. The molecule has 2 aromatic carbocycles. The topological polar surface area (TPSA) is 63.7 Å². The van der Waals surface area contributed by atoms with Crippen LogP contribution in [0.2, 0.25) is 0 Å². The molecule has 3 aromatic rings. The zero-order valence-corrected chi connectivity index (χ0v) is 17.6. The zero-order chi connectivity index (χ0) is 20.6. The van der Waals surface area contributed by atoms with Crippen LogP contribution >= 0.6 is 11.3 Å². The number of carbonyl (C=O) groups is 1. The monoisotopic (exact) mass is 423 g/mol. The number of benzene rings is 2. The molecule has 1 N–H and O–H groups in total. The molecule has 0 atom stereocenters. The van der Waals surface area contributed by atoms with Crippen LogP contribution in [0.15, 0.2) is 59.4 Å². The van der Waals surface area contributed by atoms with Gasteiger partial charge in [0.15, 0.2) is 0 Å². The Morgan fingerprint density at radius 1 is 1.13 bits per heavy atom. The second-order valence-corrected chi connectivity index (χ2v) is 7.85. The maximum atomic E-state index is 12.7. The van der Waals surface area contributed by atoms with Crippen molar-refractivity contribution in [2.45, 2.75) is 19.7 Å². The molecule has 4 rings (SSSR count). The highest BCUT2D eigenvalue weighted by atomic mass is 32.1. The van der Waals surface area contributed by atoms with Crippen LogP contribution in [-0.4, -0.2) is 42.1 Å². The molecule has 0 unspecified atom stereocenters. The predicted octanol–water partition coefficient (Wildman–Crippen LogP) is 3.48. The average Bonchev–Trinajstić information content (AvgIpc) is 3.32. The van der Waals surface area contributed by atoms with E-state index in [-0.39, 0.29) is 5.91 Å². The normalized spacial score (nSPS) is 14.4. The lowest BCUT2D eigenvalue weighted by atomic mass is 10.1. The highest BCUT2D eigenvalue weighted by Crippen LogP contribution is 2.17. The third kappa shape index (κ3) is 5.66. The largest absolute Gasteiger partial charge is 0.487 e. The molecule has 7 heteroatoms. The van der Waals surface area contributed by atoms with Crippen LogP contribution in [0.4, 0.5) is 0 Å². The molecule has 2 heterocycles. The van der Waals surface area contributed by atoms with Gasteiger partial charge >= 0.3 is 0 Å². The van der Waals surface area contributed by atoms with Gasteiger partial charge in [-0.2, -0.15) is 0 Å². The fourth-order valence-corrected chi connectivity index (χ4v) is 3.90. The summed E-state index contributed by atoms with van der Waals surface area (Å²) in [4.78, 5) is 19.3. The van der Waals surface area contributed by atoms with Crippen LogP contribution in [-0.2, 0) is 24.4 Å². The Hall–Kier alpha value is -2.74. The third-order valence-electron chi connectivity index (χ3n) is 5.02. The van der Waals surface area contributed by atoms with Crippen molar-refractivity contribution in [1.29, 1.82) is 0 Å². The van der Waals surface area contributed by atoms with Crippen molar-refractivity contribution in [3.05, 3.63) is 81.8 Å². The molecule has 156 valence electrons. The van der Waals surface area contributed by atoms with Crippen molar-refractivity contribution in [2.75, 3.05) is 26.3 Å². The summed E-state index contributed by atoms with van der Waals surface area (Å²) in [6.07, 6.45) is 0. The van der Waals surface area contributed by atoms with Gasteiger partial charge in [-0.05, 0) is 29.3 Å². The minimum absolute atomic E-state index is 0.115. The first-order valence-corrected chi connectivity index (χ1v) is 11.0. The molecule has 0 aliphatic carbocycles. The summed E-state index contributed by atoms with van der Waals surface area (Å²) in [5.74, 6) is 0.540. The summed E-state index contributed by atoms with van der Waals surface area (Å²) < 4.78 is 11.2. The van der Waals surface area contributed by atoms with Gasteiger partial charge in [-0.15, -0.1) is 11.3 Å². The maximum absolute atomic E-state index is 12.7. The standard InChI is InChI=1S/C23H25N3O3S/c27-23(18-6-3-7-22(12-18)29-15-21-16-30-17-25-21)24-13-19-4-1-2-5-20(19)14-26-8-10-28-11-9-26/h1-7,12,16-17H,8-11,13-15H2,(H,24,27). The minimum atomic E-state index is -0.115. The van der Waals surface area contributed by atoms with E-state index in [1.807, 2.05) is 29.6 Å². The van der Waals surface area contributed by atoms with Gasteiger partial charge in [0.2, 0.25) is 0 Å². The highest BCUT2D eigenvalue weighted by molar-refractivity contribution is 7.07. The number of aromatic nitrogens is 1. The van der Waals surface area contributed by atoms with Crippen molar-refractivity contribution in [3.8, 4) is 5.75 Å². The number of ether oxygens (including phenoxy) is 2. The Bertz CT molecular complexity index is 956. The number of morpholine rings is 1. The molecule has 1 aliphatic rings. The van der Waals surface area contributed by atoms with E-state index in [1.165, 1.54) is 16.9 Å². The summed E-state index contributed by atoms with van der Waals surface area (Å²) in [6.45, 7) is 5.18. The quantitative estimate of drug-likeness (QED) is 0.601. The second-order valence-electron chi connectivity index (χ2n) is 7.14. The van der Waals surface area contributed by atoms with Crippen molar-refractivity contribution in [2.24, 2.45) is 0 Å². The molecule has 0 saturated carbocycles. The van der Waals surface area contributed by atoms with E-state index in [0.29, 0.717) is 24.5 Å². The Labute approximate surface area is 180 Å². The Kier molecular flexibility index (Phi) is 7.07. The van der Waals surface area contributed by atoms with Gasteiger partial charge in [-0.1, -0.05) is 30.3 Å². The van der Waals surface area contributed by atoms with E-state index in [4.69, 9.17) is 9.47 Å². The van der Waals surface area contributed by atoms with Gasteiger partial charge < -0.3 is 14.8 Å². The fourth-order valence-electron chi connectivity index (χ4n) is 3.36. The maximum Gasteiger partial charge on any atom is 0.251 e. The summed E-state index contributed by atoms with van der Waals surface area (Å²) in [7, 11) is 0. The van der Waals surface area contributed by atoms with Gasteiger partial charge in [-0.3, -0.25) is 9.69 Å².